The molecule has 4 aromatic rings. The molecule has 172 valence electrons. The highest BCUT2D eigenvalue weighted by Crippen LogP contribution is 2.18. The largest absolute Gasteiger partial charge is 0.465 e. The van der Waals surface area contributed by atoms with Gasteiger partial charge in [0, 0.05) is 17.4 Å². The Morgan fingerprint density at radius 1 is 0.912 bits per heavy atom. The Hall–Kier alpha value is -4.87. The molecule has 2 aromatic heterocycles. The number of amides is 1. The summed E-state index contributed by atoms with van der Waals surface area (Å²) < 4.78 is 10.9. The first-order valence-electron chi connectivity index (χ1n) is 9.96. The lowest BCUT2D eigenvalue weighted by Crippen LogP contribution is -2.16. The van der Waals surface area contributed by atoms with E-state index in [0.717, 1.165) is 5.56 Å². The Bertz CT molecular complexity index is 1310. The molecule has 0 unspecified atom stereocenters. The van der Waals surface area contributed by atoms with E-state index in [1.807, 2.05) is 30.3 Å². The molecule has 12 heteroatoms. The first-order chi connectivity index (χ1) is 16.5. The first-order valence-corrected chi connectivity index (χ1v) is 9.96. The van der Waals surface area contributed by atoms with Crippen LogP contribution in [0.1, 0.15) is 31.2 Å². The SMILES string of the molecule is COC(=O)c1cc(NC(=O)c2ccn(Cn3nnc(-c4ccccc4)n3)n2)cc(C(=O)OC)c1. The van der Waals surface area contributed by atoms with Gasteiger partial charge < -0.3 is 14.8 Å². The van der Waals surface area contributed by atoms with Gasteiger partial charge in [-0.2, -0.15) is 5.10 Å². The molecule has 0 atom stereocenters. The molecule has 0 aliphatic rings. The summed E-state index contributed by atoms with van der Waals surface area (Å²) in [5.74, 6) is -1.41. The van der Waals surface area contributed by atoms with Crippen LogP contribution in [0, 0.1) is 0 Å². The fourth-order valence-electron chi connectivity index (χ4n) is 3.06. The predicted molar refractivity (Wildman–Crippen MR) is 118 cm³/mol. The van der Waals surface area contributed by atoms with Crippen LogP contribution in [-0.4, -0.2) is 62.1 Å². The third kappa shape index (κ3) is 4.96. The quantitative estimate of drug-likeness (QED) is 0.408. The van der Waals surface area contributed by atoms with Crippen molar-refractivity contribution in [3.05, 3.63) is 77.6 Å². The van der Waals surface area contributed by atoms with Gasteiger partial charge >= 0.3 is 11.9 Å². The van der Waals surface area contributed by atoms with Crippen LogP contribution in [0.15, 0.2) is 60.8 Å². The number of anilines is 1. The van der Waals surface area contributed by atoms with Gasteiger partial charge in [0.1, 0.15) is 0 Å². The Kier molecular flexibility index (Phi) is 6.39. The predicted octanol–water partition coefficient (Wildman–Crippen LogP) is 1.87. The number of benzene rings is 2. The first kappa shape index (κ1) is 22.3. The van der Waals surface area contributed by atoms with Crippen molar-refractivity contribution in [3.8, 4) is 11.4 Å². The van der Waals surface area contributed by atoms with Gasteiger partial charge in [-0.25, -0.2) is 14.3 Å². The molecule has 0 aliphatic heterocycles. The maximum atomic E-state index is 12.7. The normalized spacial score (nSPS) is 10.5. The molecule has 0 saturated heterocycles. The molecule has 0 aliphatic carbocycles. The van der Waals surface area contributed by atoms with Crippen molar-refractivity contribution in [2.45, 2.75) is 6.67 Å². The monoisotopic (exact) mass is 461 g/mol. The molecule has 0 radical (unpaired) electrons. The van der Waals surface area contributed by atoms with Crippen LogP contribution in [-0.2, 0) is 16.1 Å². The molecule has 0 spiro atoms. The number of rotatable bonds is 7. The van der Waals surface area contributed by atoms with E-state index in [0.29, 0.717) is 5.82 Å². The van der Waals surface area contributed by atoms with Crippen molar-refractivity contribution in [1.82, 2.24) is 30.0 Å². The summed E-state index contributed by atoms with van der Waals surface area (Å²) >= 11 is 0. The smallest absolute Gasteiger partial charge is 0.337 e. The van der Waals surface area contributed by atoms with E-state index in [-0.39, 0.29) is 29.2 Å². The van der Waals surface area contributed by atoms with Crippen LogP contribution in [0.25, 0.3) is 11.4 Å². The standard InChI is InChI=1S/C22H19N7O5/c1-33-21(31)15-10-16(22(32)34-2)12-17(11-15)23-20(30)18-8-9-28(25-18)13-29-26-19(24-27-29)14-6-4-3-5-7-14/h3-12H,13H2,1-2H3,(H,23,30). The van der Waals surface area contributed by atoms with Gasteiger partial charge in [-0.1, -0.05) is 30.3 Å². The van der Waals surface area contributed by atoms with Gasteiger partial charge in [-0.3, -0.25) is 4.79 Å². The number of ether oxygens (including phenoxy) is 2. The number of hydrogen-bond acceptors (Lipinski definition) is 9. The molecule has 4 rings (SSSR count). The number of carbonyl (C=O) groups excluding carboxylic acids is 3. The number of nitrogens with zero attached hydrogens (tertiary/aromatic N) is 6. The maximum Gasteiger partial charge on any atom is 0.337 e. The van der Waals surface area contributed by atoms with Crippen LogP contribution >= 0.6 is 0 Å². The number of aromatic nitrogens is 6. The van der Waals surface area contributed by atoms with Crippen molar-refractivity contribution in [2.24, 2.45) is 0 Å². The summed E-state index contributed by atoms with van der Waals surface area (Å²) in [7, 11) is 2.43. The number of hydrogen-bond donors (Lipinski definition) is 1. The van der Waals surface area contributed by atoms with E-state index < -0.39 is 17.8 Å². The molecule has 2 aromatic carbocycles. The lowest BCUT2D eigenvalue weighted by Gasteiger charge is -2.09. The molecular weight excluding hydrogens is 442 g/mol. The molecule has 0 fully saturated rings. The van der Waals surface area contributed by atoms with Gasteiger partial charge in [0.25, 0.3) is 5.91 Å². The summed E-state index contributed by atoms with van der Waals surface area (Å²) in [5, 5.41) is 19.2. The van der Waals surface area contributed by atoms with Crippen molar-refractivity contribution in [2.75, 3.05) is 19.5 Å². The lowest BCUT2D eigenvalue weighted by atomic mass is 10.1. The number of tetrazole rings is 1. The average molecular weight is 461 g/mol. The molecule has 0 saturated carbocycles. The summed E-state index contributed by atoms with van der Waals surface area (Å²) in [6, 6.07) is 15.0. The topological polar surface area (TPSA) is 143 Å². The van der Waals surface area contributed by atoms with E-state index in [2.05, 4.69) is 25.8 Å². The van der Waals surface area contributed by atoms with Gasteiger partial charge in [-0.15, -0.1) is 15.0 Å². The molecule has 2 heterocycles. The maximum absolute atomic E-state index is 12.7. The third-order valence-electron chi connectivity index (χ3n) is 4.66. The molecule has 34 heavy (non-hydrogen) atoms. The van der Waals surface area contributed by atoms with Crippen molar-refractivity contribution in [1.29, 1.82) is 0 Å². The molecule has 1 N–H and O–H groups in total. The van der Waals surface area contributed by atoms with E-state index in [1.54, 1.807) is 6.20 Å². The van der Waals surface area contributed by atoms with Crippen LogP contribution in [0.3, 0.4) is 0 Å². The second-order valence-electron chi connectivity index (χ2n) is 6.97. The number of esters is 2. The zero-order valence-electron chi connectivity index (χ0n) is 18.2. The van der Waals surface area contributed by atoms with Crippen LogP contribution in [0.2, 0.25) is 0 Å². The number of carbonyl (C=O) groups is 3. The van der Waals surface area contributed by atoms with Crippen molar-refractivity contribution < 1.29 is 23.9 Å². The zero-order chi connectivity index (χ0) is 24.1. The second kappa shape index (κ2) is 9.73. The van der Waals surface area contributed by atoms with Gasteiger partial charge in [0.2, 0.25) is 5.82 Å². The fourth-order valence-corrected chi connectivity index (χ4v) is 3.06. The van der Waals surface area contributed by atoms with E-state index in [9.17, 15) is 14.4 Å². The summed E-state index contributed by atoms with van der Waals surface area (Å²) in [5.41, 5.74) is 1.30. The third-order valence-corrected chi connectivity index (χ3v) is 4.66. The number of nitrogens with one attached hydrogen (secondary N) is 1. The van der Waals surface area contributed by atoms with Gasteiger partial charge in [0.15, 0.2) is 12.4 Å². The summed E-state index contributed by atoms with van der Waals surface area (Å²) in [4.78, 5) is 37.9. The molecule has 1 amide bonds. The molecular formula is C22H19N7O5. The van der Waals surface area contributed by atoms with E-state index in [4.69, 9.17) is 9.47 Å². The van der Waals surface area contributed by atoms with E-state index in [1.165, 1.54) is 48.0 Å². The summed E-state index contributed by atoms with van der Waals surface area (Å²) in [6.07, 6.45) is 1.59. The van der Waals surface area contributed by atoms with Gasteiger partial charge in [0.05, 0.1) is 25.3 Å². The highest BCUT2D eigenvalue weighted by molar-refractivity contribution is 6.05. The average Bonchev–Trinajstić information content (AvgIpc) is 3.53. The minimum absolute atomic E-state index is 0.0812. The molecule has 12 nitrogen and oxygen atoms in total. The fraction of sp³-hybridized carbons (Fsp3) is 0.136. The van der Waals surface area contributed by atoms with Crippen molar-refractivity contribution in [3.63, 3.8) is 0 Å². The zero-order valence-corrected chi connectivity index (χ0v) is 18.2. The van der Waals surface area contributed by atoms with Crippen LogP contribution in [0.5, 0.6) is 0 Å². The van der Waals surface area contributed by atoms with Gasteiger partial charge in [-0.05, 0) is 29.5 Å². The second-order valence-corrected chi connectivity index (χ2v) is 6.97. The number of methoxy groups -OCH3 is 2. The Labute approximate surface area is 193 Å². The van der Waals surface area contributed by atoms with Crippen molar-refractivity contribution >= 4 is 23.5 Å². The minimum atomic E-state index is -0.666. The molecule has 0 bridgehead atoms. The van der Waals surface area contributed by atoms with Crippen LogP contribution < -0.4 is 5.32 Å². The minimum Gasteiger partial charge on any atom is -0.465 e. The highest BCUT2D eigenvalue weighted by atomic mass is 16.5. The Morgan fingerprint density at radius 3 is 2.24 bits per heavy atom. The highest BCUT2D eigenvalue weighted by Gasteiger charge is 2.17. The lowest BCUT2D eigenvalue weighted by molar-refractivity contribution is 0.0599. The van der Waals surface area contributed by atoms with E-state index >= 15 is 0 Å². The Balaban J connectivity index is 1.48. The summed E-state index contributed by atoms with van der Waals surface area (Å²) in [6.45, 7) is 0.136. The Morgan fingerprint density at radius 2 is 1.59 bits per heavy atom. The van der Waals surface area contributed by atoms with Crippen LogP contribution in [0.4, 0.5) is 5.69 Å².